The molecule has 6 nitrogen and oxygen atoms in total. The molecule has 7 heteroatoms. The number of nitrogens with one attached hydrogen (secondary N) is 1. The van der Waals surface area contributed by atoms with E-state index in [2.05, 4.69) is 15.3 Å². The minimum Gasteiger partial charge on any atom is -0.383 e. The molecule has 1 spiro atoms. The van der Waals surface area contributed by atoms with E-state index in [-0.39, 0.29) is 23.6 Å². The summed E-state index contributed by atoms with van der Waals surface area (Å²) in [5.41, 5.74) is 8.05. The van der Waals surface area contributed by atoms with Gasteiger partial charge in [0.2, 0.25) is 0 Å². The van der Waals surface area contributed by atoms with Gasteiger partial charge in [0.1, 0.15) is 17.3 Å². The maximum Gasteiger partial charge on any atom is 0.254 e. The van der Waals surface area contributed by atoms with E-state index in [0.717, 1.165) is 5.56 Å². The normalized spacial score (nSPS) is 26.6. The van der Waals surface area contributed by atoms with Gasteiger partial charge in [-0.1, -0.05) is 6.07 Å². The molecule has 0 aliphatic carbocycles. The lowest BCUT2D eigenvalue weighted by Gasteiger charge is -2.44. The molecule has 4 heterocycles. The van der Waals surface area contributed by atoms with Gasteiger partial charge in [0.25, 0.3) is 5.91 Å². The van der Waals surface area contributed by atoms with E-state index in [9.17, 15) is 9.18 Å². The van der Waals surface area contributed by atoms with Crippen LogP contribution in [0.25, 0.3) is 0 Å². The van der Waals surface area contributed by atoms with Crippen LogP contribution in [0.15, 0.2) is 41.7 Å². The van der Waals surface area contributed by atoms with E-state index in [1.165, 1.54) is 6.07 Å². The molecule has 0 saturated carbocycles. The minimum absolute atomic E-state index is 0.0384. The highest BCUT2D eigenvalue weighted by atomic mass is 19.1. The highest BCUT2D eigenvalue weighted by Gasteiger charge is 2.48. The molecule has 3 N–H and O–H groups in total. The van der Waals surface area contributed by atoms with Crippen LogP contribution in [0.5, 0.6) is 0 Å². The van der Waals surface area contributed by atoms with Crippen molar-refractivity contribution >= 4 is 17.4 Å². The molecular weight excluding hydrogens is 321 g/mol. The Hall–Kier alpha value is -2.96. The Morgan fingerprint density at radius 2 is 2.24 bits per heavy atom. The van der Waals surface area contributed by atoms with E-state index in [1.807, 2.05) is 11.0 Å². The fraction of sp³-hybridized carbons (Fsp3) is 0.278. The zero-order valence-electron chi connectivity index (χ0n) is 13.4. The molecule has 2 unspecified atom stereocenters. The van der Waals surface area contributed by atoms with Crippen LogP contribution in [0.1, 0.15) is 40.4 Å². The number of carbonyl (C=O) groups excluding carboxylic acids is 1. The second-order valence-electron chi connectivity index (χ2n) is 6.75. The monoisotopic (exact) mass is 337 g/mol. The third kappa shape index (κ3) is 1.92. The van der Waals surface area contributed by atoms with Gasteiger partial charge >= 0.3 is 0 Å². The van der Waals surface area contributed by atoms with Crippen LogP contribution >= 0.6 is 0 Å². The first-order chi connectivity index (χ1) is 12.1. The van der Waals surface area contributed by atoms with Gasteiger partial charge in [-0.25, -0.2) is 9.38 Å². The van der Waals surface area contributed by atoms with Gasteiger partial charge in [0.15, 0.2) is 0 Å². The number of amidine groups is 1. The van der Waals surface area contributed by atoms with E-state index < -0.39 is 5.66 Å². The van der Waals surface area contributed by atoms with Crippen molar-refractivity contribution in [2.75, 3.05) is 11.9 Å². The van der Waals surface area contributed by atoms with Crippen LogP contribution in [0.3, 0.4) is 0 Å². The number of aromatic nitrogens is 1. The van der Waals surface area contributed by atoms with Crippen LogP contribution in [0.4, 0.5) is 10.1 Å². The second-order valence-corrected chi connectivity index (χ2v) is 6.75. The molecule has 3 aliphatic heterocycles. The van der Waals surface area contributed by atoms with Crippen molar-refractivity contribution in [1.29, 1.82) is 0 Å². The van der Waals surface area contributed by atoms with Crippen LogP contribution in [-0.2, 0) is 0 Å². The molecular formula is C18H16FN5O. The second kappa shape index (κ2) is 4.78. The number of nitrogens with zero attached hydrogens (tertiary/aromatic N) is 3. The van der Waals surface area contributed by atoms with Gasteiger partial charge in [0, 0.05) is 48.6 Å². The zero-order chi connectivity index (χ0) is 17.2. The van der Waals surface area contributed by atoms with Crippen molar-refractivity contribution in [2.45, 2.75) is 24.5 Å². The number of halogens is 1. The maximum absolute atomic E-state index is 14.1. The molecule has 3 aliphatic rings. The maximum atomic E-state index is 14.1. The predicted octanol–water partition coefficient (Wildman–Crippen LogP) is 2.04. The Bertz CT molecular complexity index is 943. The largest absolute Gasteiger partial charge is 0.383 e. The summed E-state index contributed by atoms with van der Waals surface area (Å²) < 4.78 is 14.1. The van der Waals surface area contributed by atoms with Gasteiger partial charge in [-0.15, -0.1) is 0 Å². The van der Waals surface area contributed by atoms with Crippen molar-refractivity contribution in [2.24, 2.45) is 10.7 Å². The molecule has 2 atom stereocenters. The average Bonchev–Trinajstić information content (AvgIpc) is 2.87. The van der Waals surface area contributed by atoms with Crippen molar-refractivity contribution in [3.63, 3.8) is 0 Å². The van der Waals surface area contributed by atoms with Gasteiger partial charge in [-0.2, -0.15) is 0 Å². The highest BCUT2D eigenvalue weighted by molar-refractivity contribution is 6.04. The number of rotatable bonds is 0. The number of amides is 1. The number of fused-ring (bicyclic) bond motifs is 4. The number of anilines is 1. The molecule has 0 bridgehead atoms. The Morgan fingerprint density at radius 1 is 1.36 bits per heavy atom. The Labute approximate surface area is 143 Å². The molecule has 2 aromatic rings. The summed E-state index contributed by atoms with van der Waals surface area (Å²) in [5, 5.41) is 3.38. The highest BCUT2D eigenvalue weighted by Crippen LogP contribution is 2.46. The molecule has 5 rings (SSSR count). The molecule has 0 radical (unpaired) electrons. The lowest BCUT2D eigenvalue weighted by molar-refractivity contribution is 0.0605. The summed E-state index contributed by atoms with van der Waals surface area (Å²) >= 11 is 0. The first-order valence-corrected chi connectivity index (χ1v) is 8.25. The standard InChI is InChI=1S/C18H16FN5O/c19-12-2-1-3-13-15(12)16(20)23-18(22-13)5-7-24-14(8-18)11-9-21-6-4-10(11)17(24)25/h1-4,6,9,14,22H,5,7-8H2,(H2,20,23). The lowest BCUT2D eigenvalue weighted by atomic mass is 9.87. The third-order valence-electron chi connectivity index (χ3n) is 5.35. The molecule has 1 saturated heterocycles. The smallest absolute Gasteiger partial charge is 0.254 e. The van der Waals surface area contributed by atoms with Crippen molar-refractivity contribution in [1.82, 2.24) is 9.88 Å². The quantitative estimate of drug-likeness (QED) is 0.770. The fourth-order valence-electron chi connectivity index (χ4n) is 4.20. The van der Waals surface area contributed by atoms with Gasteiger partial charge < -0.3 is 16.0 Å². The van der Waals surface area contributed by atoms with E-state index in [1.54, 1.807) is 24.5 Å². The Morgan fingerprint density at radius 3 is 3.12 bits per heavy atom. The number of aliphatic imine (C=N–C) groups is 1. The van der Waals surface area contributed by atoms with E-state index in [4.69, 9.17) is 5.73 Å². The number of benzene rings is 1. The molecule has 126 valence electrons. The van der Waals surface area contributed by atoms with Crippen molar-refractivity contribution in [3.05, 3.63) is 59.2 Å². The summed E-state index contributed by atoms with van der Waals surface area (Å²) in [6, 6.07) is 6.51. The summed E-state index contributed by atoms with van der Waals surface area (Å²) in [6.45, 7) is 0.562. The minimum atomic E-state index is -0.635. The molecule has 1 amide bonds. The van der Waals surface area contributed by atoms with Gasteiger partial charge in [-0.05, 0) is 18.2 Å². The zero-order valence-corrected chi connectivity index (χ0v) is 13.4. The Balaban J connectivity index is 1.56. The molecule has 1 fully saturated rings. The summed E-state index contributed by atoms with van der Waals surface area (Å²) in [4.78, 5) is 23.2. The van der Waals surface area contributed by atoms with Crippen molar-refractivity contribution in [3.8, 4) is 0 Å². The first kappa shape index (κ1) is 14.4. The van der Waals surface area contributed by atoms with Crippen LogP contribution in [-0.4, -0.2) is 33.8 Å². The van der Waals surface area contributed by atoms with Crippen LogP contribution in [0.2, 0.25) is 0 Å². The SMILES string of the molecule is NC1=NC2(CCN3C(=O)c4ccncc4C3C2)Nc2cccc(F)c21. The number of carbonyl (C=O) groups is 1. The summed E-state index contributed by atoms with van der Waals surface area (Å²) in [5.74, 6) is -0.142. The molecule has 1 aromatic heterocycles. The van der Waals surface area contributed by atoms with Gasteiger partial charge in [-0.3, -0.25) is 9.78 Å². The van der Waals surface area contributed by atoms with Gasteiger partial charge in [0.05, 0.1) is 11.6 Å². The predicted molar refractivity (Wildman–Crippen MR) is 90.7 cm³/mol. The van der Waals surface area contributed by atoms with Crippen LogP contribution in [0, 0.1) is 5.82 Å². The summed E-state index contributed by atoms with van der Waals surface area (Å²) in [7, 11) is 0. The topological polar surface area (TPSA) is 83.6 Å². The van der Waals surface area contributed by atoms with Crippen molar-refractivity contribution < 1.29 is 9.18 Å². The molecule has 25 heavy (non-hydrogen) atoms. The fourth-order valence-corrected chi connectivity index (χ4v) is 4.20. The van der Waals surface area contributed by atoms with E-state index in [0.29, 0.717) is 36.2 Å². The Kier molecular flexibility index (Phi) is 2.75. The number of pyridine rings is 1. The number of nitrogens with two attached hydrogens (primary N) is 1. The average molecular weight is 337 g/mol. The number of hydrogen-bond acceptors (Lipinski definition) is 5. The molecule has 1 aromatic carbocycles. The number of piperidine rings is 1. The lowest BCUT2D eigenvalue weighted by Crippen LogP contribution is -2.51. The summed E-state index contributed by atoms with van der Waals surface area (Å²) in [6.07, 6.45) is 4.58. The third-order valence-corrected chi connectivity index (χ3v) is 5.35. The van der Waals surface area contributed by atoms with Crippen LogP contribution < -0.4 is 11.1 Å². The number of hydrogen-bond donors (Lipinski definition) is 2. The first-order valence-electron chi connectivity index (χ1n) is 8.25. The van der Waals surface area contributed by atoms with E-state index >= 15 is 0 Å².